The molecule has 86 valence electrons. The molecular formula is C12H22N2O. The summed E-state index contributed by atoms with van der Waals surface area (Å²) in [6.45, 7) is 9.09. The number of carbonyl (C=O) groups excluding carboxylic acids is 1. The zero-order chi connectivity index (χ0) is 11.1. The molecule has 0 radical (unpaired) electrons. The summed E-state index contributed by atoms with van der Waals surface area (Å²) in [5, 5.41) is 3.41. The van der Waals surface area contributed by atoms with Gasteiger partial charge in [-0.25, -0.2) is 0 Å². The van der Waals surface area contributed by atoms with Gasteiger partial charge in [0.1, 0.15) is 0 Å². The molecule has 2 unspecified atom stereocenters. The van der Waals surface area contributed by atoms with E-state index in [9.17, 15) is 4.79 Å². The summed E-state index contributed by atoms with van der Waals surface area (Å²) in [5.41, 5.74) is -0.232. The van der Waals surface area contributed by atoms with Crippen LogP contribution in [0.5, 0.6) is 0 Å². The molecule has 1 N–H and O–H groups in total. The molecule has 0 aliphatic carbocycles. The van der Waals surface area contributed by atoms with Crippen molar-refractivity contribution in [1.82, 2.24) is 10.2 Å². The largest absolute Gasteiger partial charge is 0.338 e. The van der Waals surface area contributed by atoms with Crippen molar-refractivity contribution in [2.75, 3.05) is 19.6 Å². The molecule has 2 aliphatic rings. The van der Waals surface area contributed by atoms with Crippen LogP contribution in [0.2, 0.25) is 0 Å². The fourth-order valence-electron chi connectivity index (χ4n) is 2.75. The highest BCUT2D eigenvalue weighted by molar-refractivity contribution is 5.82. The van der Waals surface area contributed by atoms with E-state index in [0.29, 0.717) is 17.9 Å². The number of rotatable bonds is 0. The molecule has 0 spiro atoms. The highest BCUT2D eigenvalue weighted by atomic mass is 16.2. The summed E-state index contributed by atoms with van der Waals surface area (Å²) in [4.78, 5) is 14.4. The minimum Gasteiger partial charge on any atom is -0.338 e. The van der Waals surface area contributed by atoms with Gasteiger partial charge in [0.25, 0.3) is 0 Å². The number of nitrogens with one attached hydrogen (secondary N) is 1. The number of likely N-dealkylation sites (tertiary alicyclic amines) is 1. The van der Waals surface area contributed by atoms with Crippen molar-refractivity contribution in [3.8, 4) is 0 Å². The van der Waals surface area contributed by atoms with E-state index in [2.05, 4.69) is 10.2 Å². The Morgan fingerprint density at radius 3 is 2.73 bits per heavy atom. The average molecular weight is 210 g/mol. The second kappa shape index (κ2) is 3.78. The number of hydrogen-bond donors (Lipinski definition) is 1. The molecule has 2 saturated heterocycles. The quantitative estimate of drug-likeness (QED) is 0.652. The molecule has 1 amide bonds. The monoisotopic (exact) mass is 210 g/mol. The first-order valence-corrected chi connectivity index (χ1v) is 6.02. The summed E-state index contributed by atoms with van der Waals surface area (Å²) in [7, 11) is 0. The molecule has 0 aromatic rings. The van der Waals surface area contributed by atoms with E-state index in [1.807, 2.05) is 20.8 Å². The van der Waals surface area contributed by atoms with Crippen LogP contribution in [-0.4, -0.2) is 36.5 Å². The van der Waals surface area contributed by atoms with E-state index in [1.54, 1.807) is 0 Å². The highest BCUT2D eigenvalue weighted by Gasteiger charge is 2.40. The third kappa shape index (κ3) is 2.03. The lowest BCUT2D eigenvalue weighted by molar-refractivity contribution is -0.143. The van der Waals surface area contributed by atoms with Crippen molar-refractivity contribution in [1.29, 1.82) is 0 Å². The normalized spacial score (nSPS) is 31.5. The minimum atomic E-state index is -0.232. The Balaban J connectivity index is 2.11. The lowest BCUT2D eigenvalue weighted by Gasteiger charge is -2.40. The van der Waals surface area contributed by atoms with Crippen molar-refractivity contribution in [2.24, 2.45) is 11.3 Å². The van der Waals surface area contributed by atoms with Gasteiger partial charge in [-0.1, -0.05) is 20.8 Å². The van der Waals surface area contributed by atoms with Crippen LogP contribution in [-0.2, 0) is 4.79 Å². The van der Waals surface area contributed by atoms with E-state index < -0.39 is 0 Å². The molecule has 2 rings (SSSR count). The van der Waals surface area contributed by atoms with Gasteiger partial charge in [-0.3, -0.25) is 4.79 Å². The molecule has 2 fully saturated rings. The SMILES string of the molecule is CC(C)(C)C(=O)N1CCCC2CNCC21. The van der Waals surface area contributed by atoms with E-state index in [4.69, 9.17) is 0 Å². The van der Waals surface area contributed by atoms with Crippen LogP contribution >= 0.6 is 0 Å². The van der Waals surface area contributed by atoms with Crippen LogP contribution in [0.1, 0.15) is 33.6 Å². The molecule has 2 aliphatic heterocycles. The van der Waals surface area contributed by atoms with Gasteiger partial charge in [0.15, 0.2) is 0 Å². The minimum absolute atomic E-state index is 0.232. The van der Waals surface area contributed by atoms with Crippen molar-refractivity contribution >= 4 is 5.91 Å². The number of nitrogens with zero attached hydrogens (tertiary/aromatic N) is 1. The van der Waals surface area contributed by atoms with Crippen LogP contribution in [0.15, 0.2) is 0 Å². The second-order valence-corrected chi connectivity index (χ2v) is 5.88. The topological polar surface area (TPSA) is 32.3 Å². The predicted molar refractivity (Wildman–Crippen MR) is 60.5 cm³/mol. The Labute approximate surface area is 92.2 Å². The van der Waals surface area contributed by atoms with E-state index in [0.717, 1.165) is 19.6 Å². The summed E-state index contributed by atoms with van der Waals surface area (Å²) in [5.74, 6) is 1.02. The van der Waals surface area contributed by atoms with Crippen LogP contribution < -0.4 is 5.32 Å². The Morgan fingerprint density at radius 1 is 1.33 bits per heavy atom. The number of carbonyl (C=O) groups is 1. The number of hydrogen-bond acceptors (Lipinski definition) is 2. The Hall–Kier alpha value is -0.570. The molecule has 0 bridgehead atoms. The van der Waals surface area contributed by atoms with Gasteiger partial charge in [-0.2, -0.15) is 0 Å². The van der Waals surface area contributed by atoms with Gasteiger partial charge in [0.05, 0.1) is 0 Å². The molecule has 3 nitrogen and oxygen atoms in total. The Bertz CT molecular complexity index is 257. The van der Waals surface area contributed by atoms with E-state index in [-0.39, 0.29) is 5.41 Å². The first kappa shape index (κ1) is 10.9. The molecule has 0 aromatic heterocycles. The zero-order valence-electron chi connectivity index (χ0n) is 10.0. The second-order valence-electron chi connectivity index (χ2n) is 5.88. The molecule has 2 heterocycles. The first-order valence-electron chi connectivity index (χ1n) is 6.02. The zero-order valence-corrected chi connectivity index (χ0v) is 10.0. The fourth-order valence-corrected chi connectivity index (χ4v) is 2.75. The summed E-state index contributed by atoms with van der Waals surface area (Å²) < 4.78 is 0. The molecule has 0 aromatic carbocycles. The van der Waals surface area contributed by atoms with Gasteiger partial charge >= 0.3 is 0 Å². The Kier molecular flexibility index (Phi) is 2.75. The molecule has 0 saturated carbocycles. The lowest BCUT2D eigenvalue weighted by Crippen LogP contribution is -2.51. The fraction of sp³-hybridized carbons (Fsp3) is 0.917. The van der Waals surface area contributed by atoms with Crippen LogP contribution in [0.4, 0.5) is 0 Å². The maximum atomic E-state index is 12.3. The molecule has 2 atom stereocenters. The molecular weight excluding hydrogens is 188 g/mol. The summed E-state index contributed by atoms with van der Waals surface area (Å²) >= 11 is 0. The van der Waals surface area contributed by atoms with E-state index >= 15 is 0 Å². The van der Waals surface area contributed by atoms with Crippen molar-refractivity contribution in [2.45, 2.75) is 39.7 Å². The van der Waals surface area contributed by atoms with Crippen LogP contribution in [0.25, 0.3) is 0 Å². The first-order chi connectivity index (χ1) is 7.00. The maximum Gasteiger partial charge on any atom is 0.228 e. The standard InChI is InChI=1S/C12H22N2O/c1-12(2,3)11(15)14-6-4-5-9-7-13-8-10(9)14/h9-10,13H,4-8H2,1-3H3. The Morgan fingerprint density at radius 2 is 2.07 bits per heavy atom. The van der Waals surface area contributed by atoms with Gasteiger partial charge in [-0.15, -0.1) is 0 Å². The predicted octanol–water partition coefficient (Wildman–Crippen LogP) is 1.24. The third-order valence-electron chi connectivity index (χ3n) is 3.58. The maximum absolute atomic E-state index is 12.3. The van der Waals surface area contributed by atoms with E-state index in [1.165, 1.54) is 12.8 Å². The average Bonchev–Trinajstić information content (AvgIpc) is 2.62. The third-order valence-corrected chi connectivity index (χ3v) is 3.58. The smallest absolute Gasteiger partial charge is 0.228 e. The molecule has 3 heteroatoms. The van der Waals surface area contributed by atoms with Crippen molar-refractivity contribution < 1.29 is 4.79 Å². The van der Waals surface area contributed by atoms with Crippen LogP contribution in [0.3, 0.4) is 0 Å². The van der Waals surface area contributed by atoms with Crippen LogP contribution in [0, 0.1) is 11.3 Å². The van der Waals surface area contributed by atoms with Gasteiger partial charge in [-0.05, 0) is 18.8 Å². The van der Waals surface area contributed by atoms with Gasteiger partial charge in [0.2, 0.25) is 5.91 Å². The summed E-state index contributed by atoms with van der Waals surface area (Å²) in [6, 6.07) is 0.463. The lowest BCUT2D eigenvalue weighted by atomic mass is 9.87. The van der Waals surface area contributed by atoms with Gasteiger partial charge in [0, 0.05) is 31.1 Å². The number of piperidine rings is 1. The number of fused-ring (bicyclic) bond motifs is 1. The number of amides is 1. The van der Waals surface area contributed by atoms with Gasteiger partial charge < -0.3 is 10.2 Å². The van der Waals surface area contributed by atoms with Crippen molar-refractivity contribution in [3.63, 3.8) is 0 Å². The van der Waals surface area contributed by atoms with Crippen molar-refractivity contribution in [3.05, 3.63) is 0 Å². The highest BCUT2D eigenvalue weighted by Crippen LogP contribution is 2.30. The molecule has 15 heavy (non-hydrogen) atoms. The summed E-state index contributed by atoms with van der Waals surface area (Å²) in [6.07, 6.45) is 2.45.